The number of nitrogens with one attached hydrogen (secondary N) is 1. The maximum atomic E-state index is 12.8. The van der Waals surface area contributed by atoms with E-state index in [-0.39, 0.29) is 27.6 Å². The molecule has 1 heterocycles. The van der Waals surface area contributed by atoms with Crippen molar-refractivity contribution in [3.05, 3.63) is 59.2 Å². The van der Waals surface area contributed by atoms with E-state index in [2.05, 4.69) is 4.72 Å². The van der Waals surface area contributed by atoms with Gasteiger partial charge in [0.1, 0.15) is 0 Å². The van der Waals surface area contributed by atoms with Crippen molar-refractivity contribution < 1.29 is 27.5 Å². The Hall–Kier alpha value is -2.91. The lowest BCUT2D eigenvalue weighted by molar-refractivity contribution is 0.0303. The normalized spacial score (nSPS) is 14.3. The van der Waals surface area contributed by atoms with Crippen LogP contribution in [0.15, 0.2) is 47.4 Å². The smallest absolute Gasteiger partial charge is 0.339 e. The van der Waals surface area contributed by atoms with Crippen LogP contribution >= 0.6 is 0 Å². The van der Waals surface area contributed by atoms with Crippen LogP contribution in [-0.4, -0.2) is 58.6 Å². The number of rotatable bonds is 5. The average Bonchev–Trinajstić information content (AvgIpc) is 2.73. The van der Waals surface area contributed by atoms with Crippen molar-refractivity contribution in [1.29, 1.82) is 0 Å². The van der Waals surface area contributed by atoms with Crippen molar-refractivity contribution in [1.82, 2.24) is 4.90 Å². The number of aryl methyl sites for hydroxylation is 1. The molecule has 0 saturated carbocycles. The molecular formula is C20H22N2O6S. The number of methoxy groups -OCH3 is 1. The fourth-order valence-electron chi connectivity index (χ4n) is 2.92. The number of amides is 1. The zero-order valence-electron chi connectivity index (χ0n) is 16.2. The summed E-state index contributed by atoms with van der Waals surface area (Å²) in [6.07, 6.45) is 0. The summed E-state index contributed by atoms with van der Waals surface area (Å²) in [6.45, 7) is 3.63. The van der Waals surface area contributed by atoms with E-state index in [4.69, 9.17) is 9.47 Å². The third-order valence-corrected chi connectivity index (χ3v) is 5.93. The van der Waals surface area contributed by atoms with E-state index in [0.717, 1.165) is 5.56 Å². The molecule has 8 nitrogen and oxygen atoms in total. The number of sulfonamides is 1. The van der Waals surface area contributed by atoms with E-state index in [1.165, 1.54) is 37.4 Å². The summed E-state index contributed by atoms with van der Waals surface area (Å²) in [4.78, 5) is 26.5. The Labute approximate surface area is 169 Å². The first-order valence-electron chi connectivity index (χ1n) is 9.01. The first kappa shape index (κ1) is 20.8. The van der Waals surface area contributed by atoms with Gasteiger partial charge in [-0.1, -0.05) is 17.7 Å². The van der Waals surface area contributed by atoms with Crippen LogP contribution in [0, 0.1) is 6.92 Å². The molecule has 2 aromatic carbocycles. The Morgan fingerprint density at radius 1 is 1.07 bits per heavy atom. The van der Waals surface area contributed by atoms with E-state index in [9.17, 15) is 18.0 Å². The maximum Gasteiger partial charge on any atom is 0.339 e. The first-order chi connectivity index (χ1) is 13.8. The van der Waals surface area contributed by atoms with Crippen LogP contribution in [-0.2, 0) is 19.5 Å². The summed E-state index contributed by atoms with van der Waals surface area (Å²) in [5.74, 6) is -0.975. The second-order valence-electron chi connectivity index (χ2n) is 6.58. The Morgan fingerprint density at radius 2 is 1.72 bits per heavy atom. The Kier molecular flexibility index (Phi) is 6.19. The second-order valence-corrected chi connectivity index (χ2v) is 8.26. The predicted octanol–water partition coefficient (Wildman–Crippen LogP) is 2.05. The van der Waals surface area contributed by atoms with E-state index >= 15 is 0 Å². The van der Waals surface area contributed by atoms with Crippen molar-refractivity contribution in [2.24, 2.45) is 0 Å². The summed E-state index contributed by atoms with van der Waals surface area (Å²) in [7, 11) is -2.76. The molecule has 0 bridgehead atoms. The SMILES string of the molecule is COC(=O)c1ccc(C(=O)N2CCOCC2)cc1NS(=O)(=O)c1ccc(C)cc1. The van der Waals surface area contributed by atoms with Crippen LogP contribution in [0.3, 0.4) is 0 Å². The largest absolute Gasteiger partial charge is 0.465 e. The van der Waals surface area contributed by atoms with Gasteiger partial charge in [-0.3, -0.25) is 9.52 Å². The lowest BCUT2D eigenvalue weighted by atomic mass is 10.1. The van der Waals surface area contributed by atoms with Gasteiger partial charge >= 0.3 is 5.97 Å². The average molecular weight is 418 g/mol. The van der Waals surface area contributed by atoms with Crippen LogP contribution < -0.4 is 4.72 Å². The highest BCUT2D eigenvalue weighted by molar-refractivity contribution is 7.92. The number of esters is 1. The minimum Gasteiger partial charge on any atom is -0.465 e. The number of carbonyl (C=O) groups excluding carboxylic acids is 2. The first-order valence-corrected chi connectivity index (χ1v) is 10.5. The van der Waals surface area contributed by atoms with Gasteiger partial charge in [-0.25, -0.2) is 13.2 Å². The fourth-order valence-corrected chi connectivity index (χ4v) is 3.99. The molecule has 1 fully saturated rings. The number of benzene rings is 2. The molecule has 1 saturated heterocycles. The Balaban J connectivity index is 1.96. The summed E-state index contributed by atoms with van der Waals surface area (Å²) in [5, 5.41) is 0. The molecule has 1 aliphatic heterocycles. The highest BCUT2D eigenvalue weighted by Gasteiger charge is 2.23. The summed E-state index contributed by atoms with van der Waals surface area (Å²) >= 11 is 0. The molecule has 154 valence electrons. The number of morpholine rings is 1. The van der Waals surface area contributed by atoms with Gasteiger partial charge in [0.2, 0.25) is 0 Å². The lowest BCUT2D eigenvalue weighted by Crippen LogP contribution is -2.40. The lowest BCUT2D eigenvalue weighted by Gasteiger charge is -2.27. The molecule has 3 rings (SSSR count). The van der Waals surface area contributed by atoms with E-state index in [1.54, 1.807) is 17.0 Å². The number of hydrogen-bond acceptors (Lipinski definition) is 6. The molecule has 1 amide bonds. The van der Waals surface area contributed by atoms with Gasteiger partial charge in [-0.15, -0.1) is 0 Å². The molecule has 0 unspecified atom stereocenters. The molecule has 1 N–H and O–H groups in total. The van der Waals surface area contributed by atoms with E-state index < -0.39 is 16.0 Å². The summed E-state index contributed by atoms with van der Waals surface area (Å²) in [6, 6.07) is 10.5. The van der Waals surface area contributed by atoms with Crippen LogP contribution in [0.4, 0.5) is 5.69 Å². The molecule has 0 radical (unpaired) electrons. The standard InChI is InChI=1S/C20H22N2O6S/c1-14-3-6-16(7-4-14)29(25,26)21-18-13-15(5-8-17(18)20(24)27-2)19(23)22-9-11-28-12-10-22/h3-8,13,21H,9-12H2,1-2H3. The number of anilines is 1. The van der Waals surface area contributed by atoms with Crippen LogP contribution in [0.1, 0.15) is 26.3 Å². The number of ether oxygens (including phenoxy) is 2. The maximum absolute atomic E-state index is 12.8. The minimum absolute atomic E-state index is 0.0155. The van der Waals surface area contributed by atoms with Crippen molar-refractivity contribution >= 4 is 27.6 Å². The van der Waals surface area contributed by atoms with Crippen molar-refractivity contribution in [3.8, 4) is 0 Å². The topological polar surface area (TPSA) is 102 Å². The zero-order valence-corrected chi connectivity index (χ0v) is 17.0. The molecule has 9 heteroatoms. The van der Waals surface area contributed by atoms with Gasteiger partial charge in [-0.2, -0.15) is 0 Å². The highest BCUT2D eigenvalue weighted by Crippen LogP contribution is 2.24. The third-order valence-electron chi connectivity index (χ3n) is 4.55. The molecule has 0 aliphatic carbocycles. The monoisotopic (exact) mass is 418 g/mol. The third kappa shape index (κ3) is 4.75. The summed E-state index contributed by atoms with van der Waals surface area (Å²) < 4.78 is 38.0. The number of hydrogen-bond donors (Lipinski definition) is 1. The van der Waals surface area contributed by atoms with Crippen LogP contribution in [0.5, 0.6) is 0 Å². The van der Waals surface area contributed by atoms with Gasteiger partial charge in [0.15, 0.2) is 0 Å². The molecule has 0 aromatic heterocycles. The Morgan fingerprint density at radius 3 is 2.34 bits per heavy atom. The van der Waals surface area contributed by atoms with Crippen molar-refractivity contribution in [2.75, 3.05) is 38.1 Å². The Bertz CT molecular complexity index is 1010. The van der Waals surface area contributed by atoms with Gasteiger partial charge < -0.3 is 14.4 Å². The predicted molar refractivity (Wildman–Crippen MR) is 106 cm³/mol. The molecule has 1 aliphatic rings. The highest BCUT2D eigenvalue weighted by atomic mass is 32.2. The summed E-state index contributed by atoms with van der Waals surface area (Å²) in [5.41, 5.74) is 1.18. The molecule has 2 aromatic rings. The van der Waals surface area contributed by atoms with Gasteiger partial charge in [0, 0.05) is 18.7 Å². The van der Waals surface area contributed by atoms with Crippen molar-refractivity contribution in [3.63, 3.8) is 0 Å². The second kappa shape index (κ2) is 8.62. The van der Waals surface area contributed by atoms with Crippen molar-refractivity contribution in [2.45, 2.75) is 11.8 Å². The van der Waals surface area contributed by atoms with Crippen LogP contribution in [0.2, 0.25) is 0 Å². The van der Waals surface area contributed by atoms with E-state index in [0.29, 0.717) is 26.3 Å². The quantitative estimate of drug-likeness (QED) is 0.746. The van der Waals surface area contributed by atoms with Gasteiger partial charge in [0.05, 0.1) is 36.5 Å². The zero-order chi connectivity index (χ0) is 21.0. The van der Waals surface area contributed by atoms with Gasteiger partial charge in [0.25, 0.3) is 15.9 Å². The fraction of sp³-hybridized carbons (Fsp3) is 0.300. The molecular weight excluding hydrogens is 396 g/mol. The molecule has 0 atom stereocenters. The van der Waals surface area contributed by atoms with E-state index in [1.807, 2.05) is 6.92 Å². The number of nitrogens with zero attached hydrogens (tertiary/aromatic N) is 1. The van der Waals surface area contributed by atoms with Crippen LogP contribution in [0.25, 0.3) is 0 Å². The minimum atomic E-state index is -3.96. The molecule has 0 spiro atoms. The molecule has 29 heavy (non-hydrogen) atoms. The van der Waals surface area contributed by atoms with Gasteiger partial charge in [-0.05, 0) is 37.3 Å². The number of carbonyl (C=O) groups is 2.